The third-order valence-electron chi connectivity index (χ3n) is 15.9. The van der Waals surface area contributed by atoms with E-state index in [9.17, 15) is 29.7 Å². The van der Waals surface area contributed by atoms with Crippen molar-refractivity contribution >= 4 is 46.7 Å². The molecule has 4 fully saturated rings. The quantitative estimate of drug-likeness (QED) is 0.112. The van der Waals surface area contributed by atoms with Crippen LogP contribution in [0.1, 0.15) is 133 Å². The molecule has 360 valence electrons. The maximum atomic E-state index is 14.7. The van der Waals surface area contributed by atoms with Crippen molar-refractivity contribution in [1.82, 2.24) is 5.32 Å². The highest BCUT2D eigenvalue weighted by molar-refractivity contribution is 6.42. The molecule has 0 radical (unpaired) electrons. The van der Waals surface area contributed by atoms with Gasteiger partial charge in [-0.25, -0.2) is 4.79 Å². The van der Waals surface area contributed by atoms with Crippen molar-refractivity contribution < 1.29 is 53.4 Å². The summed E-state index contributed by atoms with van der Waals surface area (Å²) >= 11 is 12.4. The average molecular weight is 938 g/mol. The fourth-order valence-electron chi connectivity index (χ4n) is 11.5. The van der Waals surface area contributed by atoms with Crippen molar-refractivity contribution in [2.24, 2.45) is 41.4 Å². The van der Waals surface area contributed by atoms with Crippen LogP contribution in [0, 0.1) is 41.4 Å². The average Bonchev–Trinajstić information content (AvgIpc) is 3.59. The number of hydrogen-bond acceptors (Lipinski definition) is 10. The number of halogens is 2. The number of rotatable bonds is 14. The van der Waals surface area contributed by atoms with Gasteiger partial charge in [0.2, 0.25) is 0 Å². The molecule has 0 bridgehead atoms. The van der Waals surface area contributed by atoms with Gasteiger partial charge in [0, 0.05) is 35.8 Å². The molecule has 5 aliphatic rings. The van der Waals surface area contributed by atoms with E-state index in [1.54, 1.807) is 25.1 Å². The lowest BCUT2D eigenvalue weighted by molar-refractivity contribution is -0.397. The summed E-state index contributed by atoms with van der Waals surface area (Å²) < 4.78 is 34.6. The van der Waals surface area contributed by atoms with Crippen LogP contribution in [-0.2, 0) is 33.3 Å². The van der Waals surface area contributed by atoms with Gasteiger partial charge in [0.05, 0.1) is 63.8 Å². The second kappa shape index (κ2) is 20.1. The highest BCUT2D eigenvalue weighted by Gasteiger charge is 2.63. The molecule has 5 N–H and O–H groups in total. The number of benzene rings is 1. The fourth-order valence-corrected chi connectivity index (χ4v) is 11.8. The zero-order chi connectivity index (χ0) is 47.1. The minimum atomic E-state index is -1.42. The van der Waals surface area contributed by atoms with Crippen molar-refractivity contribution in [3.8, 4) is 0 Å². The Morgan fingerprint density at radius 3 is 2.22 bits per heavy atom. The number of ketones is 1. The number of carboxylic acids is 1. The normalized spacial score (nSPS) is 40.1. The maximum Gasteiger partial charge on any atom is 0.319 e. The third-order valence-corrected chi connectivity index (χ3v) is 16.7. The van der Waals surface area contributed by atoms with Gasteiger partial charge in [-0.2, -0.15) is 0 Å². The number of amides is 2. The summed E-state index contributed by atoms with van der Waals surface area (Å²) in [6, 6.07) is 3.53. The van der Waals surface area contributed by atoms with Gasteiger partial charge < -0.3 is 49.6 Å². The summed E-state index contributed by atoms with van der Waals surface area (Å²) in [5, 5.41) is 39.6. The van der Waals surface area contributed by atoms with Gasteiger partial charge >= 0.3 is 12.0 Å². The Kier molecular flexibility index (Phi) is 16.0. The summed E-state index contributed by atoms with van der Waals surface area (Å²) in [5.41, 5.74) is -1.35. The maximum absolute atomic E-state index is 14.7. The number of aliphatic hydroxyl groups excluding tert-OH is 1. The number of aliphatic hydroxyl groups is 2. The second-order valence-corrected chi connectivity index (χ2v) is 21.0. The minimum absolute atomic E-state index is 0.0503. The predicted octanol–water partition coefficient (Wildman–Crippen LogP) is 9.32. The van der Waals surface area contributed by atoms with Crippen LogP contribution in [0.3, 0.4) is 0 Å². The summed E-state index contributed by atoms with van der Waals surface area (Å²) in [6.07, 6.45) is 6.01. The molecule has 15 heteroatoms. The number of ether oxygens (including phenoxy) is 5. The molecule has 18 atom stereocenters. The van der Waals surface area contributed by atoms with Crippen LogP contribution in [-0.4, -0.2) is 98.5 Å². The van der Waals surface area contributed by atoms with Crippen molar-refractivity contribution in [1.29, 1.82) is 0 Å². The van der Waals surface area contributed by atoms with Crippen LogP contribution >= 0.6 is 23.2 Å². The number of nitrogens with one attached hydrogen (secondary N) is 2. The Bertz CT molecular complexity index is 1870. The topological polar surface area (TPSA) is 182 Å². The molecule has 0 unspecified atom stereocenters. The Morgan fingerprint density at radius 1 is 0.891 bits per heavy atom. The number of urea groups is 1. The SMILES string of the molecule is CC[C@@H](C(=O)[C@@H](C)[C@@H](O)[C@H](C)[C@@H]1O[C@@H]([C@@H](CC)C(=O)O)CC[C@@H]1C)[C@H]1O[C@]2(C=C[C@@H](NC(=O)Nc3ccc(Cl)c(Cl)c3)[C@]3(CC[C@@](C)([C@H]4CC[C@](O)(CC)[C@H](C)O4)O3)O2)[C@H](C)C[C@@H]1C. The number of hydrogen-bond donors (Lipinski definition) is 5. The van der Waals surface area contributed by atoms with E-state index in [-0.39, 0.29) is 29.6 Å². The van der Waals surface area contributed by atoms with Gasteiger partial charge in [-0.05, 0) is 108 Å². The van der Waals surface area contributed by atoms with Gasteiger partial charge in [0.25, 0.3) is 0 Å². The molecule has 1 aromatic carbocycles. The highest BCUT2D eigenvalue weighted by atomic mass is 35.5. The number of carbonyl (C=O) groups is 3. The summed E-state index contributed by atoms with van der Waals surface area (Å²) in [5.74, 6) is -6.34. The van der Waals surface area contributed by atoms with Crippen LogP contribution in [0.4, 0.5) is 10.5 Å². The van der Waals surface area contributed by atoms with Gasteiger partial charge in [-0.1, -0.05) is 84.7 Å². The van der Waals surface area contributed by atoms with Crippen LogP contribution < -0.4 is 10.6 Å². The molecular formula is C49H74Cl2N2O11. The summed E-state index contributed by atoms with van der Waals surface area (Å²) in [7, 11) is 0. The van der Waals surface area contributed by atoms with E-state index in [2.05, 4.69) is 31.4 Å². The minimum Gasteiger partial charge on any atom is -0.481 e. The highest BCUT2D eigenvalue weighted by Crippen LogP contribution is 2.54. The van der Waals surface area contributed by atoms with Crippen LogP contribution in [0.5, 0.6) is 0 Å². The van der Waals surface area contributed by atoms with Crippen LogP contribution in [0.15, 0.2) is 30.4 Å². The zero-order valence-corrected chi connectivity index (χ0v) is 40.9. The number of Topliss-reactive ketones (excluding diaryl/α,β-unsaturated/α-hetero) is 1. The molecule has 4 saturated heterocycles. The van der Waals surface area contributed by atoms with Gasteiger partial charge in [-0.3, -0.25) is 9.59 Å². The standard InChI is InChI=1S/C49H74Cl2N2O11/c1-11-33(44(56)57)37-17-14-26(4)42(61-37)30(8)40(54)29(7)41(55)34(12-2)43-27(5)24-28(6)48(62-43)21-18-38(53-45(58)52-32-15-16-35(50)36(51)25-32)49(64-48)23-22-46(10,63-49)39-19-20-47(59,13-3)31(9)60-39/h15-16,18,21,25-31,33-34,37-40,42-43,54,59H,11-14,17,19-20,22-24H2,1-10H3,(H,56,57)(H2,52,53,58)/t26-,27-,28+,29-,30-,31-,33+,34-,37+,38+,39+,40+,42+,43-,46-,47+,48-,49-/m0/s1. The van der Waals surface area contributed by atoms with Crippen molar-refractivity contribution in [3.63, 3.8) is 0 Å². The first-order valence-electron chi connectivity index (χ1n) is 23.8. The van der Waals surface area contributed by atoms with Gasteiger partial charge in [0.1, 0.15) is 11.8 Å². The van der Waals surface area contributed by atoms with E-state index in [1.165, 1.54) is 0 Å². The van der Waals surface area contributed by atoms with Crippen LogP contribution in [0.2, 0.25) is 10.0 Å². The molecule has 5 aliphatic heterocycles. The van der Waals surface area contributed by atoms with Gasteiger partial charge in [-0.15, -0.1) is 0 Å². The zero-order valence-electron chi connectivity index (χ0n) is 39.4. The summed E-state index contributed by atoms with van der Waals surface area (Å²) in [6.45, 7) is 19.5. The van der Waals surface area contributed by atoms with Crippen molar-refractivity contribution in [3.05, 3.63) is 40.4 Å². The Balaban J connectivity index is 1.25. The monoisotopic (exact) mass is 936 g/mol. The van der Waals surface area contributed by atoms with E-state index in [0.29, 0.717) is 73.5 Å². The number of aliphatic carboxylic acids is 1. The van der Waals surface area contributed by atoms with E-state index >= 15 is 0 Å². The molecule has 0 aliphatic carbocycles. The number of anilines is 1. The van der Waals surface area contributed by atoms with Gasteiger partial charge in [0.15, 0.2) is 11.6 Å². The first kappa shape index (κ1) is 51.1. The lowest BCUT2D eigenvalue weighted by Crippen LogP contribution is -2.66. The lowest BCUT2D eigenvalue weighted by Gasteiger charge is -2.55. The number of carbonyl (C=O) groups excluding carboxylic acids is 2. The largest absolute Gasteiger partial charge is 0.481 e. The van der Waals surface area contributed by atoms with E-state index < -0.39 is 95.0 Å². The first-order valence-corrected chi connectivity index (χ1v) is 24.6. The molecule has 0 aromatic heterocycles. The van der Waals surface area contributed by atoms with Crippen molar-refractivity contribution in [2.75, 3.05) is 5.32 Å². The lowest BCUT2D eigenvalue weighted by atomic mass is 9.72. The van der Waals surface area contributed by atoms with E-state index in [0.717, 1.165) is 6.42 Å². The van der Waals surface area contributed by atoms with Crippen molar-refractivity contribution in [2.45, 2.75) is 199 Å². The molecule has 2 spiro atoms. The fraction of sp³-hybridized carbons (Fsp3) is 0.776. The molecule has 5 heterocycles. The van der Waals surface area contributed by atoms with E-state index in [4.69, 9.17) is 46.9 Å². The van der Waals surface area contributed by atoms with Crippen LogP contribution in [0.25, 0.3) is 0 Å². The molecule has 64 heavy (non-hydrogen) atoms. The molecule has 13 nitrogen and oxygen atoms in total. The Labute approximate surface area is 390 Å². The number of carboxylic acid groups (broad SMARTS) is 1. The second-order valence-electron chi connectivity index (χ2n) is 20.2. The molecule has 2 amide bonds. The Morgan fingerprint density at radius 2 is 1.59 bits per heavy atom. The Hall–Kier alpha value is -2.33. The molecular weight excluding hydrogens is 863 g/mol. The molecule has 0 saturated carbocycles. The van der Waals surface area contributed by atoms with E-state index in [1.807, 2.05) is 53.7 Å². The smallest absolute Gasteiger partial charge is 0.319 e. The molecule has 6 rings (SSSR count). The third kappa shape index (κ3) is 10.1. The first-order chi connectivity index (χ1) is 30.1. The predicted molar refractivity (Wildman–Crippen MR) is 245 cm³/mol. The molecule has 1 aromatic rings. The summed E-state index contributed by atoms with van der Waals surface area (Å²) in [4.78, 5) is 40.5.